The summed E-state index contributed by atoms with van der Waals surface area (Å²) < 4.78 is 19.4. The molecule has 1 aromatic carbocycles. The summed E-state index contributed by atoms with van der Waals surface area (Å²) in [5.41, 5.74) is 3.49. The number of aryl methyl sites for hydroxylation is 1. The molecular formula is C20H19BrFN7O. The van der Waals surface area contributed by atoms with E-state index in [0.29, 0.717) is 18.9 Å². The molecule has 4 aromatic rings. The number of nitrogens with zero attached hydrogens (tertiary/aromatic N) is 6. The zero-order valence-corrected chi connectivity index (χ0v) is 18.0. The van der Waals surface area contributed by atoms with E-state index in [9.17, 15) is 9.18 Å². The molecular weight excluding hydrogens is 453 g/mol. The SMILES string of the molecule is Cc1nn(Cn2ccc(C(=O)Nc3cnn(Cc4cccc(F)c4)c3)n2)c(C)c1Br. The number of amides is 1. The number of anilines is 1. The fourth-order valence-corrected chi connectivity index (χ4v) is 3.33. The van der Waals surface area contributed by atoms with Crippen molar-refractivity contribution in [2.75, 3.05) is 5.32 Å². The van der Waals surface area contributed by atoms with Crippen LogP contribution in [0.1, 0.15) is 27.4 Å². The van der Waals surface area contributed by atoms with Crippen molar-refractivity contribution in [1.82, 2.24) is 29.3 Å². The lowest BCUT2D eigenvalue weighted by Crippen LogP contribution is -2.15. The maximum absolute atomic E-state index is 13.3. The Morgan fingerprint density at radius 2 is 2.03 bits per heavy atom. The lowest BCUT2D eigenvalue weighted by atomic mass is 10.2. The van der Waals surface area contributed by atoms with Crippen LogP contribution in [0.5, 0.6) is 0 Å². The van der Waals surface area contributed by atoms with Gasteiger partial charge in [-0.05, 0) is 53.5 Å². The molecule has 30 heavy (non-hydrogen) atoms. The van der Waals surface area contributed by atoms with Crippen molar-refractivity contribution in [3.05, 3.63) is 81.9 Å². The Bertz CT molecular complexity index is 1210. The van der Waals surface area contributed by atoms with Crippen LogP contribution < -0.4 is 5.32 Å². The van der Waals surface area contributed by atoms with E-state index in [2.05, 4.69) is 36.5 Å². The van der Waals surface area contributed by atoms with E-state index < -0.39 is 0 Å². The van der Waals surface area contributed by atoms with Crippen LogP contribution in [0.25, 0.3) is 0 Å². The molecule has 0 atom stereocenters. The third-order valence-electron chi connectivity index (χ3n) is 4.57. The third-order valence-corrected chi connectivity index (χ3v) is 5.72. The summed E-state index contributed by atoms with van der Waals surface area (Å²) >= 11 is 3.50. The average molecular weight is 472 g/mol. The molecule has 0 unspecified atom stereocenters. The first-order chi connectivity index (χ1) is 14.4. The maximum atomic E-state index is 13.3. The topological polar surface area (TPSA) is 82.6 Å². The largest absolute Gasteiger partial charge is 0.318 e. The third kappa shape index (κ3) is 4.33. The number of carbonyl (C=O) groups is 1. The van der Waals surface area contributed by atoms with E-state index in [1.807, 2.05) is 24.6 Å². The molecule has 0 aliphatic heterocycles. The Kier molecular flexibility index (Phi) is 5.49. The molecule has 0 spiro atoms. The lowest BCUT2D eigenvalue weighted by molar-refractivity contribution is 0.102. The minimum Gasteiger partial charge on any atom is -0.318 e. The number of nitrogens with one attached hydrogen (secondary N) is 1. The van der Waals surface area contributed by atoms with Crippen LogP contribution in [0.15, 0.2) is 53.4 Å². The van der Waals surface area contributed by atoms with Crippen LogP contribution in [-0.2, 0) is 13.2 Å². The van der Waals surface area contributed by atoms with E-state index >= 15 is 0 Å². The second-order valence-electron chi connectivity index (χ2n) is 6.88. The monoisotopic (exact) mass is 471 g/mol. The number of benzene rings is 1. The zero-order valence-electron chi connectivity index (χ0n) is 16.4. The van der Waals surface area contributed by atoms with Gasteiger partial charge in [0.05, 0.1) is 34.3 Å². The van der Waals surface area contributed by atoms with Gasteiger partial charge in [-0.1, -0.05) is 12.1 Å². The van der Waals surface area contributed by atoms with Crippen molar-refractivity contribution < 1.29 is 9.18 Å². The first kappa shape index (κ1) is 20.0. The molecule has 0 aliphatic rings. The number of halogens is 2. The Hall–Kier alpha value is -3.27. The van der Waals surface area contributed by atoms with Crippen molar-refractivity contribution in [3.63, 3.8) is 0 Å². The summed E-state index contributed by atoms with van der Waals surface area (Å²) in [6, 6.07) is 7.96. The van der Waals surface area contributed by atoms with Crippen molar-refractivity contribution in [1.29, 1.82) is 0 Å². The first-order valence-electron chi connectivity index (χ1n) is 9.20. The van der Waals surface area contributed by atoms with Gasteiger partial charge in [-0.3, -0.25) is 14.2 Å². The predicted molar refractivity (Wildman–Crippen MR) is 113 cm³/mol. The molecule has 3 aromatic heterocycles. The van der Waals surface area contributed by atoms with Gasteiger partial charge in [0.25, 0.3) is 5.91 Å². The minimum absolute atomic E-state index is 0.286. The Balaban J connectivity index is 1.40. The molecule has 0 saturated carbocycles. The Morgan fingerprint density at radius 1 is 1.20 bits per heavy atom. The normalized spacial score (nSPS) is 11.1. The van der Waals surface area contributed by atoms with E-state index in [1.54, 1.807) is 40.1 Å². The van der Waals surface area contributed by atoms with Gasteiger partial charge in [0.1, 0.15) is 12.5 Å². The highest BCUT2D eigenvalue weighted by Crippen LogP contribution is 2.19. The number of hydrogen-bond donors (Lipinski definition) is 1. The summed E-state index contributed by atoms with van der Waals surface area (Å²) in [6.07, 6.45) is 4.96. The van der Waals surface area contributed by atoms with E-state index in [4.69, 9.17) is 0 Å². The average Bonchev–Trinajstić information content (AvgIpc) is 3.40. The lowest BCUT2D eigenvalue weighted by Gasteiger charge is -2.04. The predicted octanol–water partition coefficient (Wildman–Crippen LogP) is 3.60. The molecule has 154 valence electrons. The molecule has 0 aliphatic carbocycles. The van der Waals surface area contributed by atoms with Gasteiger partial charge in [-0.15, -0.1) is 0 Å². The number of aromatic nitrogens is 6. The minimum atomic E-state index is -0.339. The molecule has 0 radical (unpaired) electrons. The molecule has 4 rings (SSSR count). The van der Waals surface area contributed by atoms with Gasteiger partial charge < -0.3 is 5.32 Å². The standard InChI is InChI=1S/C20H19BrFN7O/c1-13-19(21)14(2)29(25-13)12-27-7-6-18(26-27)20(30)24-17-9-23-28(11-17)10-15-4-3-5-16(22)8-15/h3-9,11H,10,12H2,1-2H3,(H,24,30). The number of rotatable bonds is 6. The highest BCUT2D eigenvalue weighted by molar-refractivity contribution is 9.10. The molecule has 0 saturated heterocycles. The van der Waals surface area contributed by atoms with E-state index in [0.717, 1.165) is 21.4 Å². The number of carbonyl (C=O) groups excluding carboxylic acids is 1. The molecule has 1 N–H and O–H groups in total. The summed E-state index contributed by atoms with van der Waals surface area (Å²) in [5.74, 6) is -0.634. The highest BCUT2D eigenvalue weighted by Gasteiger charge is 2.13. The molecule has 0 bridgehead atoms. The van der Waals surface area contributed by atoms with Gasteiger partial charge in [-0.25, -0.2) is 9.07 Å². The maximum Gasteiger partial charge on any atom is 0.276 e. The van der Waals surface area contributed by atoms with Crippen LogP contribution in [0.2, 0.25) is 0 Å². The fourth-order valence-electron chi connectivity index (χ4n) is 3.04. The van der Waals surface area contributed by atoms with Gasteiger partial charge in [0.15, 0.2) is 5.69 Å². The van der Waals surface area contributed by atoms with Crippen LogP contribution in [0, 0.1) is 19.7 Å². The van der Waals surface area contributed by atoms with Gasteiger partial charge in [0.2, 0.25) is 0 Å². The summed E-state index contributed by atoms with van der Waals surface area (Å²) in [4.78, 5) is 12.5. The molecule has 3 heterocycles. The van der Waals surface area contributed by atoms with Crippen LogP contribution >= 0.6 is 15.9 Å². The van der Waals surface area contributed by atoms with Gasteiger partial charge in [-0.2, -0.15) is 15.3 Å². The second-order valence-corrected chi connectivity index (χ2v) is 7.67. The molecule has 0 fully saturated rings. The summed E-state index contributed by atoms with van der Waals surface area (Å²) in [5, 5.41) is 15.8. The molecule has 1 amide bonds. The van der Waals surface area contributed by atoms with E-state index in [-0.39, 0.29) is 17.4 Å². The van der Waals surface area contributed by atoms with Crippen molar-refractivity contribution >= 4 is 27.5 Å². The highest BCUT2D eigenvalue weighted by atomic mass is 79.9. The summed E-state index contributed by atoms with van der Waals surface area (Å²) in [7, 11) is 0. The van der Waals surface area contributed by atoms with Crippen molar-refractivity contribution in [3.8, 4) is 0 Å². The van der Waals surface area contributed by atoms with Crippen molar-refractivity contribution in [2.24, 2.45) is 0 Å². The smallest absolute Gasteiger partial charge is 0.276 e. The van der Waals surface area contributed by atoms with E-state index in [1.165, 1.54) is 12.1 Å². The van der Waals surface area contributed by atoms with Gasteiger partial charge in [0, 0.05) is 12.4 Å². The second kappa shape index (κ2) is 8.23. The summed E-state index contributed by atoms with van der Waals surface area (Å²) in [6.45, 7) is 4.68. The molecule has 8 nitrogen and oxygen atoms in total. The van der Waals surface area contributed by atoms with Crippen molar-refractivity contribution in [2.45, 2.75) is 27.1 Å². The van der Waals surface area contributed by atoms with Crippen LogP contribution in [0.3, 0.4) is 0 Å². The van der Waals surface area contributed by atoms with Gasteiger partial charge >= 0.3 is 0 Å². The van der Waals surface area contributed by atoms with Crippen LogP contribution in [-0.4, -0.2) is 35.2 Å². The number of hydrogen-bond acceptors (Lipinski definition) is 4. The van der Waals surface area contributed by atoms with Crippen LogP contribution in [0.4, 0.5) is 10.1 Å². The zero-order chi connectivity index (χ0) is 21.3. The quantitative estimate of drug-likeness (QED) is 0.465. The Morgan fingerprint density at radius 3 is 2.77 bits per heavy atom. The fraction of sp³-hybridized carbons (Fsp3) is 0.200. The first-order valence-corrected chi connectivity index (χ1v) is 9.99. The molecule has 10 heteroatoms. The Labute approximate surface area is 180 Å².